The number of pyridine rings is 1. The monoisotopic (exact) mass is 437 g/mol. The summed E-state index contributed by atoms with van der Waals surface area (Å²) in [5, 5.41) is 9.21. The van der Waals surface area contributed by atoms with Gasteiger partial charge in [0.05, 0.1) is 30.7 Å². The molecule has 3 fully saturated rings. The molecule has 5 rings (SSSR count). The molecular weight excluding hydrogens is 415 g/mol. The average molecular weight is 437 g/mol. The predicted octanol–water partition coefficient (Wildman–Crippen LogP) is 2.25. The molecule has 0 radical (unpaired) electrons. The zero-order chi connectivity index (χ0) is 22.2. The van der Waals surface area contributed by atoms with Crippen LogP contribution < -0.4 is 20.8 Å². The van der Waals surface area contributed by atoms with Gasteiger partial charge >= 0.3 is 5.97 Å². The number of carboxylic acids is 1. The number of benzene rings is 1. The van der Waals surface area contributed by atoms with Crippen LogP contribution in [0.1, 0.15) is 29.2 Å². The van der Waals surface area contributed by atoms with E-state index in [9.17, 15) is 23.5 Å². The van der Waals surface area contributed by atoms with Gasteiger partial charge in [-0.2, -0.15) is 0 Å². The minimum atomic E-state index is -1.47. The summed E-state index contributed by atoms with van der Waals surface area (Å²) in [6.45, 7) is 0.127. The molecule has 1 aromatic carbocycles. The molecule has 5 atom stereocenters. The molecule has 2 heterocycles. The number of hydrogen-bond acceptors (Lipinski definition) is 5. The van der Waals surface area contributed by atoms with Gasteiger partial charge in [-0.25, -0.2) is 13.6 Å². The molecule has 2 aliphatic carbocycles. The highest BCUT2D eigenvalue weighted by Crippen LogP contribution is 2.51. The lowest BCUT2D eigenvalue weighted by Crippen LogP contribution is -2.60. The van der Waals surface area contributed by atoms with Gasteiger partial charge in [0, 0.05) is 37.2 Å². The third-order valence-electron chi connectivity index (χ3n) is 7.04. The number of halogens is 3. The van der Waals surface area contributed by atoms with Gasteiger partial charge in [-0.3, -0.25) is 9.18 Å². The Labute approximate surface area is 175 Å². The molecule has 0 amide bonds. The van der Waals surface area contributed by atoms with E-state index >= 15 is 4.39 Å². The number of ether oxygens (including phenoxy) is 1. The fraction of sp³-hybridized carbons (Fsp3) is 0.524. The molecule has 7 nitrogen and oxygen atoms in total. The van der Waals surface area contributed by atoms with Crippen molar-refractivity contribution in [3.63, 3.8) is 0 Å². The molecular formula is C21H22F3N3O4. The fourth-order valence-corrected chi connectivity index (χ4v) is 5.38. The maximum absolute atomic E-state index is 15.3. The maximum Gasteiger partial charge on any atom is 0.341 e. The standard InChI is InChI=1S/C21H22F3N3O4/c1-31-19-16-10(18(28)11(20(29)30)6-27(16)15-3-13(15)23)2-14(24)17(19)26-7-12-9(5-22)4-21(12,25)8-26/h2,6,9,12-13,15H,3-5,7-8,25H2,1H3,(H,29,30)/t9-,12+,13+,15?,21-/m1/s1. The van der Waals surface area contributed by atoms with Gasteiger partial charge in [-0.05, 0) is 18.4 Å². The topological polar surface area (TPSA) is 97.8 Å². The minimum Gasteiger partial charge on any atom is -0.492 e. The van der Waals surface area contributed by atoms with Crippen LogP contribution in [0.15, 0.2) is 17.1 Å². The number of aromatic nitrogens is 1. The van der Waals surface area contributed by atoms with E-state index < -0.39 is 47.2 Å². The van der Waals surface area contributed by atoms with Gasteiger partial charge in [0.25, 0.3) is 0 Å². The zero-order valence-corrected chi connectivity index (χ0v) is 16.8. The summed E-state index contributed by atoms with van der Waals surface area (Å²) in [5.74, 6) is -2.54. The number of alkyl halides is 2. The van der Waals surface area contributed by atoms with Crippen molar-refractivity contribution in [1.82, 2.24) is 4.57 Å². The second-order valence-corrected chi connectivity index (χ2v) is 8.88. The molecule has 31 heavy (non-hydrogen) atoms. The summed E-state index contributed by atoms with van der Waals surface area (Å²) in [6.07, 6.45) is 0.549. The van der Waals surface area contributed by atoms with Gasteiger partial charge in [0.2, 0.25) is 5.43 Å². The first kappa shape index (κ1) is 20.2. The lowest BCUT2D eigenvalue weighted by molar-refractivity contribution is 0.0629. The Bertz CT molecular complexity index is 1170. The number of fused-ring (bicyclic) bond motifs is 2. The number of nitrogens with two attached hydrogens (primary N) is 1. The highest BCUT2D eigenvalue weighted by Gasteiger charge is 2.57. The first-order chi connectivity index (χ1) is 14.7. The van der Waals surface area contributed by atoms with Crippen LogP contribution in [-0.4, -0.2) is 54.2 Å². The molecule has 1 saturated heterocycles. The minimum absolute atomic E-state index is 0.0184. The molecule has 0 spiro atoms. The van der Waals surface area contributed by atoms with E-state index in [0.717, 1.165) is 12.3 Å². The summed E-state index contributed by atoms with van der Waals surface area (Å²) in [6, 6.07) is 0.310. The second-order valence-electron chi connectivity index (χ2n) is 8.88. The van der Waals surface area contributed by atoms with E-state index in [2.05, 4.69) is 0 Å². The van der Waals surface area contributed by atoms with E-state index in [1.165, 1.54) is 11.7 Å². The van der Waals surface area contributed by atoms with Crippen LogP contribution in [0.2, 0.25) is 0 Å². The number of hydrogen-bond donors (Lipinski definition) is 2. The van der Waals surface area contributed by atoms with Gasteiger partial charge in [0.1, 0.15) is 17.4 Å². The Morgan fingerprint density at radius 3 is 2.74 bits per heavy atom. The van der Waals surface area contributed by atoms with E-state index in [1.54, 1.807) is 4.90 Å². The van der Waals surface area contributed by atoms with Crippen molar-refractivity contribution in [2.45, 2.75) is 30.6 Å². The first-order valence-corrected chi connectivity index (χ1v) is 10.1. The van der Waals surface area contributed by atoms with Crippen LogP contribution in [0.3, 0.4) is 0 Å². The lowest BCUT2D eigenvalue weighted by Gasteiger charge is -2.46. The van der Waals surface area contributed by atoms with Crippen LogP contribution in [0, 0.1) is 17.7 Å². The Hall–Kier alpha value is -2.75. The third kappa shape index (κ3) is 2.77. The van der Waals surface area contributed by atoms with Crippen LogP contribution in [-0.2, 0) is 0 Å². The van der Waals surface area contributed by atoms with Crippen molar-refractivity contribution >= 4 is 22.6 Å². The number of aromatic carboxylic acids is 1. The van der Waals surface area contributed by atoms with Crippen molar-refractivity contribution in [2.24, 2.45) is 17.6 Å². The number of methoxy groups -OCH3 is 1. The smallest absolute Gasteiger partial charge is 0.341 e. The summed E-state index contributed by atoms with van der Waals surface area (Å²) in [4.78, 5) is 26.0. The Morgan fingerprint density at radius 2 is 2.16 bits per heavy atom. The SMILES string of the molecule is COc1c(N2C[C@H]3[C@@H](CF)C[C@@]3(N)C2)c(F)cc2c(=O)c(C(=O)O)cn(C3C[C@@H]3F)c12. The summed E-state index contributed by atoms with van der Waals surface area (Å²) in [5.41, 5.74) is 4.55. The summed E-state index contributed by atoms with van der Waals surface area (Å²) in [7, 11) is 1.31. The van der Waals surface area contributed by atoms with Crippen molar-refractivity contribution in [3.05, 3.63) is 33.9 Å². The first-order valence-electron chi connectivity index (χ1n) is 10.1. The largest absolute Gasteiger partial charge is 0.492 e. The van der Waals surface area contributed by atoms with Crippen molar-refractivity contribution in [3.8, 4) is 5.75 Å². The van der Waals surface area contributed by atoms with Gasteiger partial charge < -0.3 is 25.0 Å². The number of nitrogens with zero attached hydrogens (tertiary/aromatic N) is 2. The second kappa shape index (κ2) is 6.62. The molecule has 10 heteroatoms. The van der Waals surface area contributed by atoms with Crippen molar-refractivity contribution in [1.29, 1.82) is 0 Å². The normalized spacial score (nSPS) is 31.5. The molecule has 2 aromatic rings. The third-order valence-corrected chi connectivity index (χ3v) is 7.04. The Kier molecular flexibility index (Phi) is 4.31. The number of carbonyl (C=O) groups is 1. The molecule has 3 aliphatic rings. The van der Waals surface area contributed by atoms with Gasteiger partial charge in [0.15, 0.2) is 11.6 Å². The quantitative estimate of drug-likeness (QED) is 0.745. The van der Waals surface area contributed by atoms with Crippen molar-refractivity contribution < 1.29 is 27.8 Å². The summed E-state index contributed by atoms with van der Waals surface area (Å²) < 4.78 is 49.4. The molecule has 1 aliphatic heterocycles. The number of rotatable bonds is 5. The fourth-order valence-electron chi connectivity index (χ4n) is 5.38. The highest BCUT2D eigenvalue weighted by atomic mass is 19.1. The van der Waals surface area contributed by atoms with Crippen LogP contribution >= 0.6 is 0 Å². The Morgan fingerprint density at radius 1 is 1.45 bits per heavy atom. The highest BCUT2D eigenvalue weighted by molar-refractivity contribution is 5.97. The van der Waals surface area contributed by atoms with E-state index in [4.69, 9.17) is 10.5 Å². The predicted molar refractivity (Wildman–Crippen MR) is 107 cm³/mol. The number of anilines is 1. The van der Waals surface area contributed by atoms with E-state index in [0.29, 0.717) is 19.5 Å². The molecule has 166 valence electrons. The zero-order valence-electron chi connectivity index (χ0n) is 16.8. The lowest BCUT2D eigenvalue weighted by atomic mass is 9.62. The van der Waals surface area contributed by atoms with Crippen LogP contribution in [0.4, 0.5) is 18.9 Å². The molecule has 0 bridgehead atoms. The van der Waals surface area contributed by atoms with Gasteiger partial charge in [-0.15, -0.1) is 0 Å². The van der Waals surface area contributed by atoms with E-state index in [1.807, 2.05) is 0 Å². The Balaban J connectivity index is 1.73. The number of carboxylic acid groups (broad SMARTS) is 1. The molecule has 2 saturated carbocycles. The van der Waals surface area contributed by atoms with Crippen LogP contribution in [0.5, 0.6) is 5.75 Å². The van der Waals surface area contributed by atoms with Gasteiger partial charge in [-0.1, -0.05) is 0 Å². The van der Waals surface area contributed by atoms with Crippen LogP contribution in [0.25, 0.3) is 10.9 Å². The molecule has 3 N–H and O–H groups in total. The van der Waals surface area contributed by atoms with Crippen molar-refractivity contribution in [2.75, 3.05) is 31.8 Å². The average Bonchev–Trinajstić information content (AvgIpc) is 3.38. The summed E-state index contributed by atoms with van der Waals surface area (Å²) >= 11 is 0. The molecule has 1 aromatic heterocycles. The van der Waals surface area contributed by atoms with E-state index in [-0.39, 0.29) is 40.6 Å². The maximum atomic E-state index is 15.3. The molecule has 1 unspecified atom stereocenters.